The molecule has 0 heterocycles. The summed E-state index contributed by atoms with van der Waals surface area (Å²) < 4.78 is 0. The number of rotatable bonds is 8. The Morgan fingerprint density at radius 2 is 1.56 bits per heavy atom. The van der Waals surface area contributed by atoms with E-state index in [1.165, 1.54) is 0 Å². The van der Waals surface area contributed by atoms with Gasteiger partial charge in [-0.3, -0.25) is 9.59 Å². The number of nitrogens with zero attached hydrogens (tertiary/aromatic N) is 1. The van der Waals surface area contributed by atoms with E-state index in [0.717, 1.165) is 22.0 Å². The second-order valence-electron chi connectivity index (χ2n) is 8.04. The molecule has 4 aromatic carbocycles. The monoisotopic (exact) mass is 451 g/mol. The van der Waals surface area contributed by atoms with Gasteiger partial charge in [-0.15, -0.1) is 0 Å². The maximum absolute atomic E-state index is 13.0. The summed E-state index contributed by atoms with van der Waals surface area (Å²) in [7, 11) is 1.76. The van der Waals surface area contributed by atoms with Crippen molar-refractivity contribution in [1.29, 1.82) is 5.41 Å². The Labute approximate surface area is 198 Å². The van der Waals surface area contributed by atoms with E-state index >= 15 is 0 Å². The van der Waals surface area contributed by atoms with Gasteiger partial charge in [0.25, 0.3) is 5.91 Å². The van der Waals surface area contributed by atoms with E-state index in [9.17, 15) is 9.59 Å². The molecule has 6 heteroatoms. The number of para-hydroxylation sites is 1. The van der Waals surface area contributed by atoms with E-state index in [-0.39, 0.29) is 18.0 Å². The van der Waals surface area contributed by atoms with E-state index in [2.05, 4.69) is 5.32 Å². The maximum Gasteiger partial charge on any atom is 0.309 e. The van der Waals surface area contributed by atoms with Gasteiger partial charge in [0.1, 0.15) is 0 Å². The molecule has 0 spiro atoms. The lowest BCUT2D eigenvalue weighted by Gasteiger charge is -2.18. The molecule has 0 radical (unpaired) electrons. The molecule has 0 aromatic heterocycles. The van der Waals surface area contributed by atoms with Gasteiger partial charge in [-0.2, -0.15) is 0 Å². The highest BCUT2D eigenvalue weighted by atomic mass is 16.4. The molecule has 0 atom stereocenters. The van der Waals surface area contributed by atoms with Crippen LogP contribution in [0.2, 0.25) is 0 Å². The van der Waals surface area contributed by atoms with Crippen LogP contribution in [0.15, 0.2) is 91.0 Å². The maximum atomic E-state index is 13.0. The van der Waals surface area contributed by atoms with Crippen molar-refractivity contribution in [2.75, 3.05) is 17.3 Å². The molecule has 3 N–H and O–H groups in total. The smallest absolute Gasteiger partial charge is 0.309 e. The first-order valence-electron chi connectivity index (χ1n) is 10.9. The van der Waals surface area contributed by atoms with E-state index in [0.29, 0.717) is 23.4 Å². The summed E-state index contributed by atoms with van der Waals surface area (Å²) >= 11 is 0. The lowest BCUT2D eigenvalue weighted by Crippen LogP contribution is -2.26. The minimum absolute atomic E-state index is 0.0553. The Kier molecular flexibility index (Phi) is 6.69. The summed E-state index contributed by atoms with van der Waals surface area (Å²) in [6.07, 6.45) is -0.328. The van der Waals surface area contributed by atoms with Crippen LogP contribution in [0.1, 0.15) is 27.9 Å². The average molecular weight is 452 g/mol. The molecule has 0 aliphatic rings. The SMILES string of the molecule is CN(C(=O)c1ccc2ccccc2c1)c1ccc(CNc2ccccc2C(=N)CC(=O)O)cc1. The number of benzene rings is 4. The van der Waals surface area contributed by atoms with Gasteiger partial charge in [-0.1, -0.05) is 60.7 Å². The lowest BCUT2D eigenvalue weighted by atomic mass is 10.0. The van der Waals surface area contributed by atoms with Crippen molar-refractivity contribution < 1.29 is 14.7 Å². The number of carboxylic acids is 1. The molecule has 0 aliphatic carbocycles. The number of fused-ring (bicyclic) bond motifs is 1. The summed E-state index contributed by atoms with van der Waals surface area (Å²) in [6, 6.07) is 28.5. The summed E-state index contributed by atoms with van der Waals surface area (Å²) in [5.41, 5.74) is 3.75. The molecule has 0 saturated carbocycles. The number of hydrogen-bond acceptors (Lipinski definition) is 4. The highest BCUT2D eigenvalue weighted by Gasteiger charge is 2.14. The molecule has 6 nitrogen and oxygen atoms in total. The number of aliphatic carboxylic acids is 1. The van der Waals surface area contributed by atoms with E-state index in [1.54, 1.807) is 24.1 Å². The van der Waals surface area contributed by atoms with Gasteiger partial charge >= 0.3 is 5.97 Å². The van der Waals surface area contributed by atoms with Crippen molar-refractivity contribution in [3.05, 3.63) is 108 Å². The Balaban J connectivity index is 1.43. The first-order chi connectivity index (χ1) is 16.4. The predicted octanol–water partition coefficient (Wildman–Crippen LogP) is 5.57. The average Bonchev–Trinajstić information content (AvgIpc) is 2.86. The zero-order valence-electron chi connectivity index (χ0n) is 18.8. The fourth-order valence-corrected chi connectivity index (χ4v) is 3.81. The van der Waals surface area contributed by atoms with Crippen LogP contribution in [0, 0.1) is 5.41 Å². The summed E-state index contributed by atoms with van der Waals surface area (Å²) in [5.74, 6) is -1.11. The van der Waals surface area contributed by atoms with Crippen LogP contribution < -0.4 is 10.2 Å². The number of carbonyl (C=O) groups is 2. The molecule has 0 bridgehead atoms. The van der Waals surface area contributed by atoms with Crippen molar-refractivity contribution >= 4 is 39.7 Å². The molecule has 0 fully saturated rings. The van der Waals surface area contributed by atoms with Crippen LogP contribution >= 0.6 is 0 Å². The molecular formula is C28H25N3O3. The number of nitrogens with one attached hydrogen (secondary N) is 2. The molecule has 1 amide bonds. The van der Waals surface area contributed by atoms with Crippen LogP contribution in [-0.2, 0) is 11.3 Å². The van der Waals surface area contributed by atoms with E-state index in [4.69, 9.17) is 10.5 Å². The van der Waals surface area contributed by atoms with Gasteiger partial charge < -0.3 is 20.7 Å². The topological polar surface area (TPSA) is 93.5 Å². The number of carboxylic acid groups (broad SMARTS) is 1. The lowest BCUT2D eigenvalue weighted by molar-refractivity contribution is -0.135. The minimum atomic E-state index is -1.03. The molecule has 0 aliphatic heterocycles. The highest BCUT2D eigenvalue weighted by Crippen LogP contribution is 2.22. The van der Waals surface area contributed by atoms with Crippen LogP contribution in [0.4, 0.5) is 11.4 Å². The molecular weight excluding hydrogens is 426 g/mol. The Morgan fingerprint density at radius 1 is 0.882 bits per heavy atom. The van der Waals surface area contributed by atoms with Crippen molar-refractivity contribution in [3.63, 3.8) is 0 Å². The predicted molar refractivity (Wildman–Crippen MR) is 136 cm³/mol. The zero-order chi connectivity index (χ0) is 24.1. The van der Waals surface area contributed by atoms with Gasteiger partial charge in [-0.05, 0) is 46.7 Å². The van der Waals surface area contributed by atoms with Crippen LogP contribution in [0.5, 0.6) is 0 Å². The summed E-state index contributed by atoms with van der Waals surface area (Å²) in [5, 5.41) is 22.4. The van der Waals surface area contributed by atoms with Crippen molar-refractivity contribution in [3.8, 4) is 0 Å². The van der Waals surface area contributed by atoms with Crippen molar-refractivity contribution in [2.24, 2.45) is 0 Å². The van der Waals surface area contributed by atoms with Crippen LogP contribution in [0.25, 0.3) is 10.8 Å². The molecule has 34 heavy (non-hydrogen) atoms. The zero-order valence-corrected chi connectivity index (χ0v) is 18.8. The fourth-order valence-electron chi connectivity index (χ4n) is 3.81. The second-order valence-corrected chi connectivity index (χ2v) is 8.04. The molecule has 0 saturated heterocycles. The fraction of sp³-hybridized carbons (Fsp3) is 0.107. The van der Waals surface area contributed by atoms with E-state index in [1.807, 2.05) is 78.9 Å². The minimum Gasteiger partial charge on any atom is -0.481 e. The quantitative estimate of drug-likeness (QED) is 0.305. The number of carbonyl (C=O) groups excluding carboxylic acids is 1. The Hall–Kier alpha value is -4.45. The van der Waals surface area contributed by atoms with E-state index < -0.39 is 5.97 Å². The van der Waals surface area contributed by atoms with Gasteiger partial charge in [0.05, 0.1) is 12.1 Å². The standard InChI is InChI=1S/C28H25N3O3/c1-31(28(34)22-13-12-20-6-2-3-7-21(20)16-22)23-14-10-19(11-15-23)18-30-26-9-5-4-8-24(26)25(29)17-27(32)33/h2-16,29-30H,17-18H2,1H3,(H,32,33). The molecule has 4 aromatic rings. The highest BCUT2D eigenvalue weighted by molar-refractivity contribution is 6.10. The van der Waals surface area contributed by atoms with Crippen LogP contribution in [-0.4, -0.2) is 29.7 Å². The van der Waals surface area contributed by atoms with Gasteiger partial charge in [-0.25, -0.2) is 0 Å². The largest absolute Gasteiger partial charge is 0.481 e. The number of anilines is 2. The normalized spacial score (nSPS) is 10.6. The van der Waals surface area contributed by atoms with Crippen molar-refractivity contribution in [1.82, 2.24) is 0 Å². The van der Waals surface area contributed by atoms with Gasteiger partial charge in [0, 0.05) is 36.1 Å². The third kappa shape index (κ3) is 5.13. The Bertz CT molecular complexity index is 1360. The number of hydrogen-bond donors (Lipinski definition) is 3. The van der Waals surface area contributed by atoms with Crippen LogP contribution in [0.3, 0.4) is 0 Å². The molecule has 0 unspecified atom stereocenters. The van der Waals surface area contributed by atoms with Gasteiger partial charge in [0.15, 0.2) is 0 Å². The second kappa shape index (κ2) is 10.0. The third-order valence-electron chi connectivity index (χ3n) is 5.69. The molecule has 170 valence electrons. The Morgan fingerprint density at radius 3 is 2.29 bits per heavy atom. The van der Waals surface area contributed by atoms with Crippen molar-refractivity contribution in [2.45, 2.75) is 13.0 Å². The van der Waals surface area contributed by atoms with Gasteiger partial charge in [0.2, 0.25) is 0 Å². The number of amides is 1. The summed E-state index contributed by atoms with van der Waals surface area (Å²) in [4.78, 5) is 25.6. The first kappa shape index (κ1) is 22.7. The molecule has 4 rings (SSSR count). The first-order valence-corrected chi connectivity index (χ1v) is 10.9. The third-order valence-corrected chi connectivity index (χ3v) is 5.69. The summed E-state index contributed by atoms with van der Waals surface area (Å²) in [6.45, 7) is 0.500.